The number of hydrogen-bond donors (Lipinski definition) is 1. The molecule has 0 unspecified atom stereocenters. The fraction of sp³-hybridized carbons (Fsp3) is 0.450. The summed E-state index contributed by atoms with van der Waals surface area (Å²) in [5.74, 6) is 1.13. The van der Waals surface area contributed by atoms with Crippen LogP contribution in [0.15, 0.2) is 35.7 Å². The Kier molecular flexibility index (Phi) is 7.94. The average molecular weight is 377 g/mol. The van der Waals surface area contributed by atoms with E-state index in [9.17, 15) is 4.79 Å². The average Bonchev–Trinajstić information content (AvgIpc) is 3.16. The van der Waals surface area contributed by atoms with Crippen molar-refractivity contribution in [3.05, 3.63) is 46.2 Å². The van der Waals surface area contributed by atoms with Crippen LogP contribution in [0.3, 0.4) is 0 Å². The number of nitrogens with one attached hydrogen (secondary N) is 1. The highest BCUT2D eigenvalue weighted by atomic mass is 32.1. The van der Waals surface area contributed by atoms with E-state index in [0.29, 0.717) is 30.2 Å². The Bertz CT molecular complexity index is 686. The molecule has 0 aliphatic heterocycles. The van der Waals surface area contributed by atoms with Gasteiger partial charge in [0.1, 0.15) is 0 Å². The topological polar surface area (TPSA) is 50.8 Å². The number of rotatable bonds is 10. The molecule has 1 N–H and O–H groups in total. The Morgan fingerprint density at radius 2 is 2.08 bits per heavy atom. The largest absolute Gasteiger partial charge is 0.493 e. The first-order chi connectivity index (χ1) is 12.6. The molecule has 0 aliphatic rings. The number of nitrogens with zero attached hydrogens (tertiary/aromatic N) is 1. The molecule has 0 saturated heterocycles. The van der Waals surface area contributed by atoms with Crippen LogP contribution >= 0.6 is 11.3 Å². The lowest BCUT2D eigenvalue weighted by Gasteiger charge is -2.23. The zero-order valence-corrected chi connectivity index (χ0v) is 16.8. The van der Waals surface area contributed by atoms with Crippen molar-refractivity contribution in [1.82, 2.24) is 10.2 Å². The third-order valence-electron chi connectivity index (χ3n) is 4.13. The van der Waals surface area contributed by atoms with Crippen LogP contribution in [0.4, 0.5) is 0 Å². The van der Waals surface area contributed by atoms with Crippen LogP contribution in [0.25, 0.3) is 0 Å². The highest BCUT2D eigenvalue weighted by Gasteiger charge is 2.17. The van der Waals surface area contributed by atoms with E-state index in [1.165, 1.54) is 4.88 Å². The first kappa shape index (κ1) is 20.3. The van der Waals surface area contributed by atoms with Crippen molar-refractivity contribution in [2.45, 2.75) is 25.8 Å². The Balaban J connectivity index is 2.02. The Morgan fingerprint density at radius 3 is 2.69 bits per heavy atom. The van der Waals surface area contributed by atoms with Crippen molar-refractivity contribution in [1.29, 1.82) is 0 Å². The number of amides is 1. The summed E-state index contributed by atoms with van der Waals surface area (Å²) >= 11 is 1.69. The summed E-state index contributed by atoms with van der Waals surface area (Å²) in [6, 6.07) is 9.57. The molecule has 0 bridgehead atoms. The molecule has 0 radical (unpaired) electrons. The zero-order chi connectivity index (χ0) is 18.9. The van der Waals surface area contributed by atoms with E-state index in [0.717, 1.165) is 12.8 Å². The molecule has 1 aromatic carbocycles. The Labute approximate surface area is 159 Å². The SMILES string of the molecule is CCCCOc1ccc(C(=O)NC[C@@H](c2cccs2)N(C)C)cc1OC. The third kappa shape index (κ3) is 5.47. The van der Waals surface area contributed by atoms with Crippen LogP contribution in [0.2, 0.25) is 0 Å². The molecule has 26 heavy (non-hydrogen) atoms. The molecule has 0 saturated carbocycles. The van der Waals surface area contributed by atoms with Crippen molar-refractivity contribution in [3.8, 4) is 11.5 Å². The number of carbonyl (C=O) groups excluding carboxylic acids is 1. The van der Waals surface area contributed by atoms with Crippen LogP contribution in [0, 0.1) is 0 Å². The third-order valence-corrected chi connectivity index (χ3v) is 5.11. The molecule has 1 atom stereocenters. The molecule has 2 aromatic rings. The maximum absolute atomic E-state index is 12.6. The molecule has 0 spiro atoms. The summed E-state index contributed by atoms with van der Waals surface area (Å²) in [5.41, 5.74) is 0.563. The van der Waals surface area contributed by atoms with Gasteiger partial charge in [-0.05, 0) is 50.2 Å². The van der Waals surface area contributed by atoms with Gasteiger partial charge < -0.3 is 19.7 Å². The molecule has 6 heteroatoms. The van der Waals surface area contributed by atoms with Crippen molar-refractivity contribution in [3.63, 3.8) is 0 Å². The minimum Gasteiger partial charge on any atom is -0.493 e. The number of benzene rings is 1. The van der Waals surface area contributed by atoms with Crippen LogP contribution < -0.4 is 14.8 Å². The van der Waals surface area contributed by atoms with E-state index in [4.69, 9.17) is 9.47 Å². The fourth-order valence-corrected chi connectivity index (χ4v) is 3.49. The summed E-state index contributed by atoms with van der Waals surface area (Å²) < 4.78 is 11.1. The number of hydrogen-bond acceptors (Lipinski definition) is 5. The first-order valence-corrected chi connectivity index (χ1v) is 9.73. The predicted molar refractivity (Wildman–Crippen MR) is 106 cm³/mol. The quantitative estimate of drug-likeness (QED) is 0.638. The number of carbonyl (C=O) groups is 1. The van der Waals surface area contributed by atoms with Crippen molar-refractivity contribution in [2.75, 3.05) is 34.4 Å². The van der Waals surface area contributed by atoms with Gasteiger partial charge in [0.25, 0.3) is 5.91 Å². The van der Waals surface area contributed by atoms with Crippen molar-refractivity contribution < 1.29 is 14.3 Å². The van der Waals surface area contributed by atoms with Gasteiger partial charge >= 0.3 is 0 Å². The predicted octanol–water partition coefficient (Wildman–Crippen LogP) is 3.97. The van der Waals surface area contributed by atoms with Crippen LogP contribution in [-0.4, -0.2) is 45.2 Å². The number of ether oxygens (including phenoxy) is 2. The van der Waals surface area contributed by atoms with Gasteiger partial charge in [0.15, 0.2) is 11.5 Å². The molecule has 1 heterocycles. The maximum atomic E-state index is 12.6. The van der Waals surface area contributed by atoms with E-state index >= 15 is 0 Å². The van der Waals surface area contributed by atoms with E-state index < -0.39 is 0 Å². The molecule has 0 aliphatic carbocycles. The number of unbranched alkanes of at least 4 members (excludes halogenated alkanes) is 1. The number of likely N-dealkylation sites (N-methyl/N-ethyl adjacent to an activating group) is 1. The second-order valence-electron chi connectivity index (χ2n) is 6.27. The molecule has 2 rings (SSSR count). The molecule has 1 aromatic heterocycles. The van der Waals surface area contributed by atoms with Crippen molar-refractivity contribution in [2.24, 2.45) is 0 Å². The van der Waals surface area contributed by atoms with Gasteiger partial charge in [0.2, 0.25) is 0 Å². The van der Waals surface area contributed by atoms with Gasteiger partial charge in [-0.1, -0.05) is 19.4 Å². The lowest BCUT2D eigenvalue weighted by atomic mass is 10.1. The second-order valence-corrected chi connectivity index (χ2v) is 7.25. The van der Waals surface area contributed by atoms with Gasteiger partial charge in [0.05, 0.1) is 19.8 Å². The van der Waals surface area contributed by atoms with E-state index in [2.05, 4.69) is 28.6 Å². The zero-order valence-electron chi connectivity index (χ0n) is 16.0. The smallest absolute Gasteiger partial charge is 0.251 e. The Morgan fingerprint density at radius 1 is 1.27 bits per heavy atom. The standard InChI is InChI=1S/C20H28N2O3S/c1-5-6-11-25-17-10-9-15(13-18(17)24-4)20(23)21-14-16(22(2)3)19-8-7-12-26-19/h7-10,12-13,16H,5-6,11,14H2,1-4H3,(H,21,23)/t16-/m0/s1. The number of thiophene rings is 1. The van der Waals surface area contributed by atoms with Gasteiger partial charge in [-0.3, -0.25) is 4.79 Å². The highest BCUT2D eigenvalue weighted by molar-refractivity contribution is 7.10. The van der Waals surface area contributed by atoms with Crippen molar-refractivity contribution >= 4 is 17.2 Å². The summed E-state index contributed by atoms with van der Waals surface area (Å²) in [7, 11) is 5.62. The highest BCUT2D eigenvalue weighted by Crippen LogP contribution is 2.28. The lowest BCUT2D eigenvalue weighted by molar-refractivity contribution is 0.0942. The molecular formula is C20H28N2O3S. The molecule has 1 amide bonds. The second kappa shape index (κ2) is 10.2. The van der Waals surface area contributed by atoms with Gasteiger partial charge in [0, 0.05) is 17.0 Å². The van der Waals surface area contributed by atoms with Gasteiger partial charge in [-0.2, -0.15) is 0 Å². The van der Waals surface area contributed by atoms with E-state index in [1.807, 2.05) is 20.2 Å². The van der Waals surface area contributed by atoms with Crippen LogP contribution in [0.1, 0.15) is 41.0 Å². The fourth-order valence-electron chi connectivity index (χ4n) is 2.56. The van der Waals surface area contributed by atoms with E-state index in [1.54, 1.807) is 36.6 Å². The normalized spacial score (nSPS) is 12.0. The number of methoxy groups -OCH3 is 1. The van der Waals surface area contributed by atoms with Gasteiger partial charge in [-0.15, -0.1) is 11.3 Å². The van der Waals surface area contributed by atoms with Crippen LogP contribution in [-0.2, 0) is 0 Å². The molecule has 5 nitrogen and oxygen atoms in total. The molecule has 0 fully saturated rings. The molecule has 142 valence electrons. The van der Waals surface area contributed by atoms with Gasteiger partial charge in [-0.25, -0.2) is 0 Å². The Hall–Kier alpha value is -2.05. The summed E-state index contributed by atoms with van der Waals surface area (Å²) in [6.07, 6.45) is 2.06. The summed E-state index contributed by atoms with van der Waals surface area (Å²) in [6.45, 7) is 3.30. The van der Waals surface area contributed by atoms with Crippen LogP contribution in [0.5, 0.6) is 11.5 Å². The minimum absolute atomic E-state index is 0.119. The maximum Gasteiger partial charge on any atom is 0.251 e. The molecular weight excluding hydrogens is 348 g/mol. The monoisotopic (exact) mass is 376 g/mol. The van der Waals surface area contributed by atoms with E-state index in [-0.39, 0.29) is 11.9 Å². The first-order valence-electron chi connectivity index (χ1n) is 8.85. The summed E-state index contributed by atoms with van der Waals surface area (Å²) in [5, 5.41) is 5.07. The lowest BCUT2D eigenvalue weighted by Crippen LogP contribution is -2.34. The minimum atomic E-state index is -0.119. The summed E-state index contributed by atoms with van der Waals surface area (Å²) in [4.78, 5) is 15.9.